The summed E-state index contributed by atoms with van der Waals surface area (Å²) in [6, 6.07) is 14.4. The molecule has 1 atom stereocenters. The summed E-state index contributed by atoms with van der Waals surface area (Å²) in [5.74, 6) is 0.212. The summed E-state index contributed by atoms with van der Waals surface area (Å²) in [6.45, 7) is 2.19. The first-order valence-electron chi connectivity index (χ1n) is 9.68. The van der Waals surface area contributed by atoms with Crippen LogP contribution in [0.5, 0.6) is 11.5 Å². The van der Waals surface area contributed by atoms with Gasteiger partial charge in [-0.05, 0) is 24.6 Å². The Morgan fingerprint density at radius 1 is 1.10 bits per heavy atom. The van der Waals surface area contributed by atoms with Crippen molar-refractivity contribution in [2.45, 2.75) is 24.3 Å². The maximum Gasteiger partial charge on any atom is 0.242 e. The SMILES string of the molecule is C[C@@H](C(=O)Nc1ccc2c(c1)OCCO2)S(=O)(=O)Cc1nc(Cc2ccccc2)no1. The molecule has 162 valence electrons. The number of carbonyl (C=O) groups excluding carboxylic acids is 1. The van der Waals surface area contributed by atoms with Gasteiger partial charge in [0.05, 0.1) is 0 Å². The number of aromatic nitrogens is 2. The lowest BCUT2D eigenvalue weighted by molar-refractivity contribution is -0.115. The summed E-state index contributed by atoms with van der Waals surface area (Å²) < 4.78 is 41.4. The van der Waals surface area contributed by atoms with Crippen molar-refractivity contribution in [3.63, 3.8) is 0 Å². The van der Waals surface area contributed by atoms with E-state index in [1.807, 2.05) is 30.3 Å². The molecule has 0 aliphatic carbocycles. The zero-order chi connectivity index (χ0) is 21.8. The van der Waals surface area contributed by atoms with E-state index in [1.165, 1.54) is 6.92 Å². The van der Waals surface area contributed by atoms with Gasteiger partial charge in [-0.1, -0.05) is 35.5 Å². The molecule has 3 aromatic rings. The molecule has 31 heavy (non-hydrogen) atoms. The minimum absolute atomic E-state index is 0.0510. The van der Waals surface area contributed by atoms with Crippen molar-refractivity contribution in [2.75, 3.05) is 18.5 Å². The van der Waals surface area contributed by atoms with Crippen molar-refractivity contribution in [2.24, 2.45) is 0 Å². The molecule has 2 aromatic carbocycles. The van der Waals surface area contributed by atoms with Gasteiger partial charge in [0.25, 0.3) is 0 Å². The summed E-state index contributed by atoms with van der Waals surface area (Å²) in [7, 11) is -3.87. The highest BCUT2D eigenvalue weighted by atomic mass is 32.2. The Morgan fingerprint density at radius 2 is 1.84 bits per heavy atom. The van der Waals surface area contributed by atoms with E-state index in [1.54, 1.807) is 18.2 Å². The van der Waals surface area contributed by atoms with Crippen molar-refractivity contribution in [3.8, 4) is 11.5 Å². The average Bonchev–Trinajstić information content (AvgIpc) is 3.19. The van der Waals surface area contributed by atoms with Crippen molar-refractivity contribution >= 4 is 21.4 Å². The van der Waals surface area contributed by atoms with Crippen molar-refractivity contribution in [1.82, 2.24) is 10.1 Å². The van der Waals surface area contributed by atoms with Crippen LogP contribution in [0.3, 0.4) is 0 Å². The lowest BCUT2D eigenvalue weighted by Gasteiger charge is -2.19. The normalized spacial score (nSPS) is 14.1. The molecule has 4 rings (SSSR count). The Hall–Kier alpha value is -3.40. The van der Waals surface area contributed by atoms with Crippen LogP contribution in [0.4, 0.5) is 5.69 Å². The number of carbonyl (C=O) groups is 1. The van der Waals surface area contributed by atoms with Crippen LogP contribution < -0.4 is 14.8 Å². The second kappa shape index (κ2) is 8.76. The monoisotopic (exact) mass is 443 g/mol. The molecular weight excluding hydrogens is 422 g/mol. The van der Waals surface area contributed by atoms with E-state index in [0.717, 1.165) is 5.56 Å². The molecule has 9 nitrogen and oxygen atoms in total. The number of benzene rings is 2. The van der Waals surface area contributed by atoms with E-state index in [-0.39, 0.29) is 5.89 Å². The Kier molecular flexibility index (Phi) is 5.90. The zero-order valence-electron chi connectivity index (χ0n) is 16.8. The van der Waals surface area contributed by atoms with Gasteiger partial charge in [0.2, 0.25) is 11.8 Å². The van der Waals surface area contributed by atoms with Crippen LogP contribution in [0, 0.1) is 0 Å². The summed E-state index contributed by atoms with van der Waals surface area (Å²) in [5.41, 5.74) is 1.39. The number of nitrogens with zero attached hydrogens (tertiary/aromatic N) is 2. The number of rotatable bonds is 7. The number of anilines is 1. The van der Waals surface area contributed by atoms with Crippen LogP contribution >= 0.6 is 0 Å². The van der Waals surface area contributed by atoms with Crippen LogP contribution in [-0.2, 0) is 26.8 Å². The predicted octanol–water partition coefficient (Wildman–Crippen LogP) is 2.37. The zero-order valence-corrected chi connectivity index (χ0v) is 17.6. The maximum atomic E-state index is 12.7. The molecule has 10 heteroatoms. The molecule has 1 N–H and O–H groups in total. The molecule has 0 saturated heterocycles. The first-order chi connectivity index (χ1) is 14.9. The highest BCUT2D eigenvalue weighted by molar-refractivity contribution is 7.92. The van der Waals surface area contributed by atoms with E-state index in [2.05, 4.69) is 15.5 Å². The Bertz CT molecular complexity index is 1180. The number of ether oxygens (including phenoxy) is 2. The fourth-order valence-corrected chi connectivity index (χ4v) is 4.12. The van der Waals surface area contributed by atoms with Gasteiger partial charge >= 0.3 is 0 Å². The smallest absolute Gasteiger partial charge is 0.242 e. The van der Waals surface area contributed by atoms with Crippen molar-refractivity contribution < 1.29 is 27.2 Å². The van der Waals surface area contributed by atoms with E-state index < -0.39 is 26.7 Å². The van der Waals surface area contributed by atoms with Crippen molar-refractivity contribution in [3.05, 3.63) is 65.8 Å². The van der Waals surface area contributed by atoms with Gasteiger partial charge in [-0.15, -0.1) is 0 Å². The van der Waals surface area contributed by atoms with E-state index >= 15 is 0 Å². The topological polar surface area (TPSA) is 121 Å². The van der Waals surface area contributed by atoms with Crippen LogP contribution in [0.15, 0.2) is 53.1 Å². The highest BCUT2D eigenvalue weighted by Crippen LogP contribution is 2.32. The van der Waals surface area contributed by atoms with Crippen molar-refractivity contribution in [1.29, 1.82) is 0 Å². The number of sulfone groups is 1. The van der Waals surface area contributed by atoms with Gasteiger partial charge in [-0.2, -0.15) is 4.98 Å². The van der Waals surface area contributed by atoms with Crippen LogP contribution in [0.1, 0.15) is 24.2 Å². The predicted molar refractivity (Wildman–Crippen MR) is 112 cm³/mol. The lowest BCUT2D eigenvalue weighted by Crippen LogP contribution is -2.33. The Morgan fingerprint density at radius 3 is 2.61 bits per heavy atom. The molecule has 0 radical (unpaired) electrons. The maximum absolute atomic E-state index is 12.7. The molecule has 2 heterocycles. The fraction of sp³-hybridized carbons (Fsp3) is 0.286. The van der Waals surface area contributed by atoms with Crippen LogP contribution in [0.25, 0.3) is 0 Å². The number of nitrogens with one attached hydrogen (secondary N) is 1. The van der Waals surface area contributed by atoms with E-state index in [9.17, 15) is 13.2 Å². The Labute approximate surface area is 179 Å². The second-order valence-electron chi connectivity index (χ2n) is 7.06. The van der Waals surface area contributed by atoms with Crippen LogP contribution in [0.2, 0.25) is 0 Å². The van der Waals surface area contributed by atoms with Gasteiger partial charge in [0.15, 0.2) is 27.2 Å². The van der Waals surface area contributed by atoms with E-state index in [4.69, 9.17) is 14.0 Å². The second-order valence-corrected chi connectivity index (χ2v) is 9.39. The van der Waals surface area contributed by atoms with Gasteiger partial charge < -0.3 is 19.3 Å². The van der Waals surface area contributed by atoms with Crippen LogP contribution in [-0.4, -0.2) is 42.9 Å². The minimum atomic E-state index is -3.87. The molecule has 0 spiro atoms. The van der Waals surface area contributed by atoms with Gasteiger partial charge in [-0.25, -0.2) is 8.42 Å². The molecule has 1 aromatic heterocycles. The third kappa shape index (κ3) is 5.02. The summed E-state index contributed by atoms with van der Waals surface area (Å²) in [4.78, 5) is 16.7. The lowest BCUT2D eigenvalue weighted by atomic mass is 10.1. The number of amides is 1. The molecule has 1 amide bonds. The number of hydrogen-bond donors (Lipinski definition) is 1. The number of fused-ring (bicyclic) bond motifs is 1. The van der Waals surface area contributed by atoms with Gasteiger partial charge in [-0.3, -0.25) is 4.79 Å². The molecule has 0 saturated carbocycles. The summed E-state index contributed by atoms with van der Waals surface area (Å²) in [6.07, 6.45) is 0.421. The third-order valence-corrected chi connectivity index (χ3v) is 6.70. The molecule has 0 unspecified atom stereocenters. The average molecular weight is 443 g/mol. The first kappa shape index (κ1) is 20.9. The standard InChI is InChI=1S/C21H21N3O6S/c1-14(21(25)22-16-7-8-17-18(12-16)29-10-9-28-17)31(26,27)13-20-23-19(24-30-20)11-15-5-3-2-4-6-15/h2-8,12,14H,9-11,13H2,1H3,(H,22,25)/t14-/m0/s1. The Balaban J connectivity index is 1.39. The molecule has 0 fully saturated rings. The molecular formula is C21H21N3O6S. The molecule has 1 aliphatic heterocycles. The summed E-state index contributed by atoms with van der Waals surface area (Å²) in [5, 5.41) is 5.12. The van der Waals surface area contributed by atoms with Gasteiger partial charge in [0.1, 0.15) is 24.2 Å². The highest BCUT2D eigenvalue weighted by Gasteiger charge is 2.30. The minimum Gasteiger partial charge on any atom is -0.486 e. The van der Waals surface area contributed by atoms with Gasteiger partial charge in [0, 0.05) is 18.2 Å². The summed E-state index contributed by atoms with van der Waals surface area (Å²) >= 11 is 0. The quantitative estimate of drug-likeness (QED) is 0.591. The first-order valence-corrected chi connectivity index (χ1v) is 11.4. The largest absolute Gasteiger partial charge is 0.486 e. The van der Waals surface area contributed by atoms with E-state index in [0.29, 0.717) is 42.6 Å². The number of hydrogen-bond acceptors (Lipinski definition) is 8. The molecule has 1 aliphatic rings. The fourth-order valence-electron chi connectivity index (χ4n) is 3.02. The third-order valence-electron chi connectivity index (χ3n) is 4.76. The molecule has 0 bridgehead atoms.